The van der Waals surface area contributed by atoms with Crippen LogP contribution in [0.2, 0.25) is 0 Å². The van der Waals surface area contributed by atoms with Gasteiger partial charge in [0, 0.05) is 24.6 Å². The zero-order chi connectivity index (χ0) is 18.0. The molecular weight excluding hydrogens is 346 g/mol. The number of fused-ring (bicyclic) bond motifs is 1. The van der Waals surface area contributed by atoms with Crippen LogP contribution in [0.15, 0.2) is 90.3 Å². The van der Waals surface area contributed by atoms with Gasteiger partial charge in [-0.2, -0.15) is 0 Å². The van der Waals surface area contributed by atoms with E-state index in [-0.39, 0.29) is 11.4 Å². The minimum atomic E-state index is -3.57. The summed E-state index contributed by atoms with van der Waals surface area (Å²) < 4.78 is 29.7. The highest BCUT2D eigenvalue weighted by atomic mass is 32.2. The van der Waals surface area contributed by atoms with E-state index in [1.807, 2.05) is 65.4 Å². The number of hydrogen-bond acceptors (Lipinski definition) is 3. The third-order valence-electron chi connectivity index (χ3n) is 4.24. The second-order valence-electron chi connectivity index (χ2n) is 5.97. The number of imidazole rings is 1. The molecule has 0 aliphatic carbocycles. The predicted molar refractivity (Wildman–Crippen MR) is 102 cm³/mol. The van der Waals surface area contributed by atoms with Gasteiger partial charge in [-0.15, -0.1) is 0 Å². The van der Waals surface area contributed by atoms with Crippen molar-refractivity contribution in [2.75, 3.05) is 0 Å². The van der Waals surface area contributed by atoms with Gasteiger partial charge in [-0.1, -0.05) is 42.5 Å². The van der Waals surface area contributed by atoms with Crippen molar-refractivity contribution >= 4 is 20.8 Å². The molecule has 1 aromatic heterocycles. The summed E-state index contributed by atoms with van der Waals surface area (Å²) in [5.74, 6) is 0. The maximum Gasteiger partial charge on any atom is 0.240 e. The summed E-state index contributed by atoms with van der Waals surface area (Å²) in [6, 6.07) is 20.5. The van der Waals surface area contributed by atoms with Crippen molar-refractivity contribution in [2.45, 2.75) is 11.4 Å². The second kappa shape index (κ2) is 6.74. The molecule has 4 aromatic rings. The molecular formula is C20H17N3O2S. The van der Waals surface area contributed by atoms with Crippen molar-refractivity contribution in [2.24, 2.45) is 0 Å². The van der Waals surface area contributed by atoms with Crippen LogP contribution in [0.4, 0.5) is 0 Å². The Bertz CT molecular complexity index is 1140. The molecule has 0 aliphatic heterocycles. The minimum Gasteiger partial charge on any atom is -0.306 e. The third kappa shape index (κ3) is 3.37. The van der Waals surface area contributed by atoms with Crippen molar-refractivity contribution in [1.82, 2.24) is 14.3 Å². The van der Waals surface area contributed by atoms with E-state index >= 15 is 0 Å². The van der Waals surface area contributed by atoms with Gasteiger partial charge in [0.1, 0.15) is 0 Å². The molecule has 0 amide bonds. The molecule has 6 heteroatoms. The van der Waals surface area contributed by atoms with Crippen LogP contribution in [0.3, 0.4) is 0 Å². The summed E-state index contributed by atoms with van der Waals surface area (Å²) in [5.41, 5.74) is 1.86. The fourth-order valence-corrected chi connectivity index (χ4v) is 3.85. The van der Waals surface area contributed by atoms with Crippen LogP contribution in [0, 0.1) is 0 Å². The smallest absolute Gasteiger partial charge is 0.240 e. The van der Waals surface area contributed by atoms with E-state index in [9.17, 15) is 8.42 Å². The highest BCUT2D eigenvalue weighted by Gasteiger charge is 2.14. The van der Waals surface area contributed by atoms with Gasteiger partial charge in [0.05, 0.1) is 11.2 Å². The molecule has 0 atom stereocenters. The average Bonchev–Trinajstić information content (AvgIpc) is 3.21. The van der Waals surface area contributed by atoms with Crippen molar-refractivity contribution in [1.29, 1.82) is 0 Å². The predicted octanol–water partition coefficient (Wildman–Crippen LogP) is 3.50. The van der Waals surface area contributed by atoms with Gasteiger partial charge in [-0.25, -0.2) is 18.1 Å². The van der Waals surface area contributed by atoms with E-state index in [0.29, 0.717) is 0 Å². The first kappa shape index (κ1) is 16.5. The Hall–Kier alpha value is -2.96. The number of nitrogens with zero attached hydrogens (tertiary/aromatic N) is 2. The number of rotatable bonds is 5. The van der Waals surface area contributed by atoms with Crippen LogP contribution >= 0.6 is 0 Å². The first-order chi connectivity index (χ1) is 12.6. The highest BCUT2D eigenvalue weighted by Crippen LogP contribution is 2.19. The third-order valence-corrected chi connectivity index (χ3v) is 5.64. The quantitative estimate of drug-likeness (QED) is 0.590. The summed E-state index contributed by atoms with van der Waals surface area (Å²) >= 11 is 0. The molecule has 0 saturated carbocycles. The molecule has 5 nitrogen and oxygen atoms in total. The average molecular weight is 363 g/mol. The van der Waals surface area contributed by atoms with Gasteiger partial charge >= 0.3 is 0 Å². The van der Waals surface area contributed by atoms with E-state index in [2.05, 4.69) is 9.71 Å². The fourth-order valence-electron chi connectivity index (χ4n) is 2.79. The Balaban J connectivity index is 1.50. The van der Waals surface area contributed by atoms with Crippen LogP contribution in [-0.2, 0) is 16.6 Å². The van der Waals surface area contributed by atoms with Gasteiger partial charge in [0.2, 0.25) is 10.0 Å². The van der Waals surface area contributed by atoms with Crippen LogP contribution in [-0.4, -0.2) is 18.0 Å². The highest BCUT2D eigenvalue weighted by molar-refractivity contribution is 7.89. The maximum atomic E-state index is 12.6. The topological polar surface area (TPSA) is 64.0 Å². The van der Waals surface area contributed by atoms with Gasteiger partial charge in [0.25, 0.3) is 0 Å². The lowest BCUT2D eigenvalue weighted by Gasteiger charge is -2.09. The molecule has 4 rings (SSSR count). The zero-order valence-corrected chi connectivity index (χ0v) is 14.7. The van der Waals surface area contributed by atoms with Crippen LogP contribution in [0.1, 0.15) is 5.56 Å². The normalized spacial score (nSPS) is 11.7. The molecule has 26 heavy (non-hydrogen) atoms. The molecule has 0 fully saturated rings. The maximum absolute atomic E-state index is 12.6. The molecule has 0 saturated heterocycles. The Morgan fingerprint density at radius 3 is 2.42 bits per heavy atom. The number of benzene rings is 3. The molecule has 0 radical (unpaired) electrons. The molecule has 1 heterocycles. The number of nitrogens with one attached hydrogen (secondary N) is 1. The molecule has 3 aromatic carbocycles. The van der Waals surface area contributed by atoms with E-state index in [0.717, 1.165) is 22.0 Å². The summed E-state index contributed by atoms with van der Waals surface area (Å²) in [5, 5.41) is 1.92. The fraction of sp³-hybridized carbons (Fsp3) is 0.0500. The first-order valence-electron chi connectivity index (χ1n) is 8.18. The molecule has 0 bridgehead atoms. The summed E-state index contributed by atoms with van der Waals surface area (Å²) in [7, 11) is -3.57. The summed E-state index contributed by atoms with van der Waals surface area (Å²) in [6.07, 6.45) is 5.29. The van der Waals surface area contributed by atoms with Crippen molar-refractivity contribution in [3.63, 3.8) is 0 Å². The number of hydrogen-bond donors (Lipinski definition) is 1. The van der Waals surface area contributed by atoms with Crippen LogP contribution < -0.4 is 4.72 Å². The Morgan fingerprint density at radius 1 is 0.923 bits per heavy atom. The minimum absolute atomic E-state index is 0.235. The van der Waals surface area contributed by atoms with E-state index < -0.39 is 10.0 Å². The van der Waals surface area contributed by atoms with Gasteiger partial charge < -0.3 is 4.57 Å². The summed E-state index contributed by atoms with van der Waals surface area (Å²) in [6.45, 7) is 0.235. The Labute approximate surface area is 152 Å². The lowest BCUT2D eigenvalue weighted by molar-refractivity contribution is 0.581. The number of aromatic nitrogens is 2. The van der Waals surface area contributed by atoms with Crippen molar-refractivity contribution in [3.05, 3.63) is 91.0 Å². The Morgan fingerprint density at radius 2 is 1.69 bits per heavy atom. The lowest BCUT2D eigenvalue weighted by atomic mass is 10.1. The van der Waals surface area contributed by atoms with Crippen LogP contribution in [0.5, 0.6) is 0 Å². The van der Waals surface area contributed by atoms with E-state index in [1.165, 1.54) is 0 Å². The van der Waals surface area contributed by atoms with Gasteiger partial charge in [-0.3, -0.25) is 0 Å². The summed E-state index contributed by atoms with van der Waals surface area (Å²) in [4.78, 5) is 4.29. The lowest BCUT2D eigenvalue weighted by Crippen LogP contribution is -2.23. The Kier molecular flexibility index (Phi) is 4.28. The molecule has 0 unspecified atom stereocenters. The second-order valence-corrected chi connectivity index (χ2v) is 7.74. The number of sulfonamides is 1. The van der Waals surface area contributed by atoms with E-state index in [4.69, 9.17) is 0 Å². The SMILES string of the molecule is O=S(=O)(NCc1ccc(-n2ccnc2)cc1)c1ccc2ccccc2c1. The van der Waals surface area contributed by atoms with Gasteiger partial charge in [0.15, 0.2) is 0 Å². The van der Waals surface area contributed by atoms with E-state index in [1.54, 1.807) is 24.7 Å². The van der Waals surface area contributed by atoms with Crippen LogP contribution in [0.25, 0.3) is 16.5 Å². The molecule has 0 spiro atoms. The van der Waals surface area contributed by atoms with Gasteiger partial charge in [-0.05, 0) is 40.6 Å². The van der Waals surface area contributed by atoms with Crippen molar-refractivity contribution < 1.29 is 8.42 Å². The monoisotopic (exact) mass is 363 g/mol. The first-order valence-corrected chi connectivity index (χ1v) is 9.66. The molecule has 0 aliphatic rings. The molecule has 130 valence electrons. The standard InChI is InChI=1S/C20H17N3O2S/c24-26(25,20-10-7-17-3-1-2-4-18(17)13-20)22-14-16-5-8-19(9-6-16)23-12-11-21-15-23/h1-13,15,22H,14H2. The molecule has 1 N–H and O–H groups in total. The van der Waals surface area contributed by atoms with Crippen molar-refractivity contribution in [3.8, 4) is 5.69 Å². The largest absolute Gasteiger partial charge is 0.306 e. The zero-order valence-electron chi connectivity index (χ0n) is 13.9.